The van der Waals surface area contributed by atoms with Gasteiger partial charge in [0.1, 0.15) is 17.5 Å². The van der Waals surface area contributed by atoms with Gasteiger partial charge in [0.05, 0.1) is 11.4 Å². The molecule has 118 valence electrons. The fraction of sp³-hybridized carbons (Fsp3) is 0.105. The van der Waals surface area contributed by atoms with Gasteiger partial charge in [0.25, 0.3) is 0 Å². The number of nitrogens with two attached hydrogens (primary N) is 1. The van der Waals surface area contributed by atoms with Crippen molar-refractivity contribution in [2.24, 2.45) is 0 Å². The van der Waals surface area contributed by atoms with Crippen LogP contribution >= 0.6 is 0 Å². The zero-order chi connectivity index (χ0) is 17.1. The zero-order valence-corrected chi connectivity index (χ0v) is 13.2. The molecule has 0 fully saturated rings. The van der Waals surface area contributed by atoms with Gasteiger partial charge in [-0.2, -0.15) is 10.2 Å². The summed E-state index contributed by atoms with van der Waals surface area (Å²) in [5, 5.41) is 9.52. The van der Waals surface area contributed by atoms with Crippen LogP contribution in [0.25, 0.3) is 5.69 Å². The molecular formula is C19H16N4O. The van der Waals surface area contributed by atoms with E-state index >= 15 is 0 Å². The molecule has 24 heavy (non-hydrogen) atoms. The minimum atomic E-state index is -0.480. The fourth-order valence-electron chi connectivity index (χ4n) is 2.67. The van der Waals surface area contributed by atoms with Gasteiger partial charge in [-0.25, -0.2) is 9.36 Å². The second kappa shape index (κ2) is 6.39. The Hall–Kier alpha value is -3.39. The highest BCUT2D eigenvalue weighted by atomic mass is 16.1. The molecule has 3 aromatic rings. The van der Waals surface area contributed by atoms with E-state index in [1.54, 1.807) is 6.07 Å². The Kier molecular flexibility index (Phi) is 4.13. The second-order valence-electron chi connectivity index (χ2n) is 5.50. The van der Waals surface area contributed by atoms with Crippen molar-refractivity contribution in [3.8, 4) is 11.8 Å². The molecule has 0 spiro atoms. The molecule has 2 N–H and O–H groups in total. The molecule has 2 aromatic carbocycles. The Labute approximate surface area is 139 Å². The minimum Gasteiger partial charge on any atom is -0.384 e. The van der Waals surface area contributed by atoms with Crippen molar-refractivity contribution in [3.63, 3.8) is 0 Å². The lowest BCUT2D eigenvalue weighted by atomic mass is 10.1. The van der Waals surface area contributed by atoms with Crippen molar-refractivity contribution >= 4 is 5.82 Å². The van der Waals surface area contributed by atoms with Crippen LogP contribution < -0.4 is 11.4 Å². The highest BCUT2D eigenvalue weighted by Gasteiger charge is 2.17. The molecule has 0 aliphatic heterocycles. The number of nitrogen functional groups attached to an aromatic ring is 1. The van der Waals surface area contributed by atoms with E-state index in [0.717, 1.165) is 11.1 Å². The molecule has 0 bridgehead atoms. The van der Waals surface area contributed by atoms with Gasteiger partial charge < -0.3 is 5.73 Å². The molecule has 5 nitrogen and oxygen atoms in total. The molecule has 0 aliphatic rings. The first-order valence-corrected chi connectivity index (χ1v) is 7.53. The summed E-state index contributed by atoms with van der Waals surface area (Å²) in [5.74, 6) is 0.123. The number of hydrogen-bond acceptors (Lipinski definition) is 4. The van der Waals surface area contributed by atoms with Crippen LogP contribution in [0.4, 0.5) is 5.82 Å². The van der Waals surface area contributed by atoms with Crippen LogP contribution in [-0.2, 0) is 6.42 Å². The van der Waals surface area contributed by atoms with E-state index in [0.29, 0.717) is 17.8 Å². The van der Waals surface area contributed by atoms with Gasteiger partial charge in [-0.1, -0.05) is 48.5 Å². The van der Waals surface area contributed by atoms with Crippen molar-refractivity contribution in [1.29, 1.82) is 5.26 Å². The van der Waals surface area contributed by atoms with Crippen LogP contribution in [0.3, 0.4) is 0 Å². The highest BCUT2D eigenvalue weighted by Crippen LogP contribution is 2.20. The predicted molar refractivity (Wildman–Crippen MR) is 92.9 cm³/mol. The number of hydrogen-bond donors (Lipinski definition) is 1. The molecule has 5 heteroatoms. The van der Waals surface area contributed by atoms with E-state index in [2.05, 4.69) is 11.1 Å². The lowest BCUT2D eigenvalue weighted by Crippen LogP contribution is -2.27. The maximum Gasteiger partial charge on any atom is 0.354 e. The first kappa shape index (κ1) is 15.5. The first-order chi connectivity index (χ1) is 11.6. The Morgan fingerprint density at radius 2 is 1.79 bits per heavy atom. The highest BCUT2D eigenvalue weighted by molar-refractivity contribution is 5.57. The van der Waals surface area contributed by atoms with Crippen molar-refractivity contribution in [1.82, 2.24) is 9.55 Å². The maximum absolute atomic E-state index is 12.5. The number of nitriles is 1. The maximum atomic E-state index is 12.5. The summed E-state index contributed by atoms with van der Waals surface area (Å²) >= 11 is 0. The molecule has 0 amide bonds. The van der Waals surface area contributed by atoms with E-state index in [1.807, 2.05) is 55.5 Å². The Balaban J connectivity index is 2.18. The fourth-order valence-corrected chi connectivity index (χ4v) is 2.67. The largest absolute Gasteiger partial charge is 0.384 e. The monoisotopic (exact) mass is 316 g/mol. The molecule has 1 aromatic heterocycles. The van der Waals surface area contributed by atoms with E-state index in [-0.39, 0.29) is 11.4 Å². The summed E-state index contributed by atoms with van der Waals surface area (Å²) < 4.78 is 1.29. The van der Waals surface area contributed by atoms with Crippen LogP contribution in [0, 0.1) is 18.3 Å². The SMILES string of the molecule is Cc1ccccc1-n1c(N)c(C#N)c(Cc2ccccc2)nc1=O. The summed E-state index contributed by atoms with van der Waals surface area (Å²) in [4.78, 5) is 16.7. The molecule has 0 radical (unpaired) electrons. The van der Waals surface area contributed by atoms with Gasteiger partial charge in [-0.15, -0.1) is 0 Å². The second-order valence-corrected chi connectivity index (χ2v) is 5.50. The van der Waals surface area contributed by atoms with Gasteiger partial charge in [-0.05, 0) is 24.1 Å². The standard InChI is InChI=1S/C19H16N4O/c1-13-7-5-6-10-17(13)23-18(21)15(12-20)16(22-19(23)24)11-14-8-3-2-4-9-14/h2-10H,11,21H2,1H3. The predicted octanol–water partition coefficient (Wildman–Crippen LogP) is 2.59. The summed E-state index contributed by atoms with van der Waals surface area (Å²) in [6.07, 6.45) is 0.387. The van der Waals surface area contributed by atoms with Gasteiger partial charge in [-0.3, -0.25) is 0 Å². The van der Waals surface area contributed by atoms with Gasteiger partial charge >= 0.3 is 5.69 Å². The molecule has 0 saturated carbocycles. The normalized spacial score (nSPS) is 10.3. The summed E-state index contributed by atoms with van der Waals surface area (Å²) in [5.41, 5.74) is 8.79. The molecule has 0 atom stereocenters. The van der Waals surface area contributed by atoms with E-state index in [9.17, 15) is 10.1 Å². The number of aryl methyl sites for hydroxylation is 1. The zero-order valence-electron chi connectivity index (χ0n) is 13.2. The third-order valence-electron chi connectivity index (χ3n) is 3.89. The van der Waals surface area contributed by atoms with Crippen molar-refractivity contribution < 1.29 is 0 Å². The van der Waals surface area contributed by atoms with Crippen molar-refractivity contribution in [2.75, 3.05) is 5.73 Å². The summed E-state index contributed by atoms with van der Waals surface area (Å²) in [7, 11) is 0. The Morgan fingerprint density at radius 1 is 1.12 bits per heavy atom. The summed E-state index contributed by atoms with van der Waals surface area (Å²) in [6, 6.07) is 19.0. The van der Waals surface area contributed by atoms with Gasteiger partial charge in [0.15, 0.2) is 0 Å². The average Bonchev–Trinajstić information content (AvgIpc) is 2.57. The van der Waals surface area contributed by atoms with E-state index in [4.69, 9.17) is 5.73 Å². The lowest BCUT2D eigenvalue weighted by Gasteiger charge is -2.14. The number of rotatable bonds is 3. The van der Waals surface area contributed by atoms with Gasteiger partial charge in [0.2, 0.25) is 0 Å². The van der Waals surface area contributed by atoms with Crippen LogP contribution in [0.15, 0.2) is 59.4 Å². The first-order valence-electron chi connectivity index (χ1n) is 7.53. The van der Waals surface area contributed by atoms with E-state index in [1.165, 1.54) is 4.57 Å². The topological polar surface area (TPSA) is 84.7 Å². The Bertz CT molecular complexity index is 984. The van der Waals surface area contributed by atoms with Gasteiger partial charge in [0, 0.05) is 6.42 Å². The van der Waals surface area contributed by atoms with Crippen LogP contribution in [0.1, 0.15) is 22.4 Å². The molecule has 3 rings (SSSR count). The van der Waals surface area contributed by atoms with Crippen molar-refractivity contribution in [3.05, 3.63) is 87.5 Å². The number of para-hydroxylation sites is 1. The number of aromatic nitrogens is 2. The number of benzene rings is 2. The van der Waals surface area contributed by atoms with Crippen LogP contribution in [-0.4, -0.2) is 9.55 Å². The third kappa shape index (κ3) is 2.77. The quantitative estimate of drug-likeness (QED) is 0.805. The molecular weight excluding hydrogens is 300 g/mol. The van der Waals surface area contributed by atoms with Crippen LogP contribution in [0.2, 0.25) is 0 Å². The number of nitrogens with zero attached hydrogens (tertiary/aromatic N) is 3. The Morgan fingerprint density at radius 3 is 2.46 bits per heavy atom. The molecule has 0 unspecified atom stereocenters. The molecule has 0 aliphatic carbocycles. The number of anilines is 1. The summed E-state index contributed by atoms with van der Waals surface area (Å²) in [6.45, 7) is 1.88. The smallest absolute Gasteiger partial charge is 0.354 e. The van der Waals surface area contributed by atoms with Crippen molar-refractivity contribution in [2.45, 2.75) is 13.3 Å². The molecule has 0 saturated heterocycles. The molecule has 1 heterocycles. The third-order valence-corrected chi connectivity index (χ3v) is 3.89. The lowest BCUT2D eigenvalue weighted by molar-refractivity contribution is 0.876. The average molecular weight is 316 g/mol. The van der Waals surface area contributed by atoms with E-state index < -0.39 is 5.69 Å². The van der Waals surface area contributed by atoms with Crippen LogP contribution in [0.5, 0.6) is 0 Å². The minimum absolute atomic E-state index is 0.123.